The van der Waals surface area contributed by atoms with Crippen LogP contribution in [-0.4, -0.2) is 23.5 Å². The van der Waals surface area contributed by atoms with Gasteiger partial charge in [-0.25, -0.2) is 0 Å². The highest BCUT2D eigenvalue weighted by Crippen LogP contribution is 2.26. The Morgan fingerprint density at radius 3 is 2.75 bits per heavy atom. The average molecular weight is 388 g/mol. The highest BCUT2D eigenvalue weighted by Gasteiger charge is 2.11. The third kappa shape index (κ3) is 3.80. The van der Waals surface area contributed by atoms with Crippen LogP contribution >= 0.6 is 15.9 Å². The van der Waals surface area contributed by atoms with Crippen molar-refractivity contribution in [3.63, 3.8) is 0 Å². The molecule has 0 amide bonds. The van der Waals surface area contributed by atoms with Crippen LogP contribution in [0.2, 0.25) is 0 Å². The normalized spacial score (nSPS) is 10.9. The van der Waals surface area contributed by atoms with Crippen molar-refractivity contribution in [3.8, 4) is 17.2 Å². The number of ether oxygens (including phenoxy) is 1. The van der Waals surface area contributed by atoms with Gasteiger partial charge in [0.2, 0.25) is 5.89 Å². The molecular weight excluding hydrogens is 374 g/mol. The molecule has 3 rings (SSSR count). The fourth-order valence-corrected chi connectivity index (χ4v) is 2.47. The number of methoxy groups -OCH3 is 1. The molecule has 6 nitrogen and oxygen atoms in total. The number of rotatable bonds is 6. The molecule has 7 heteroatoms. The fourth-order valence-electron chi connectivity index (χ4n) is 2.02. The van der Waals surface area contributed by atoms with Gasteiger partial charge in [-0.3, -0.25) is 0 Å². The van der Waals surface area contributed by atoms with E-state index in [4.69, 9.17) is 14.0 Å². The van der Waals surface area contributed by atoms with E-state index in [1.54, 1.807) is 13.3 Å². The molecule has 0 unspecified atom stereocenters. The number of oxime groups is 1. The average Bonchev–Trinajstić information content (AvgIpc) is 3.08. The first-order chi connectivity index (χ1) is 11.8. The summed E-state index contributed by atoms with van der Waals surface area (Å²) in [6.07, 6.45) is 1.57. The minimum Gasteiger partial charge on any atom is -0.496 e. The third-order valence-corrected chi connectivity index (χ3v) is 3.86. The molecule has 0 aliphatic heterocycles. The lowest BCUT2D eigenvalue weighted by molar-refractivity contribution is 0.112. The number of hydrogen-bond acceptors (Lipinski definition) is 6. The van der Waals surface area contributed by atoms with Crippen LogP contribution in [0.15, 0.2) is 62.6 Å². The summed E-state index contributed by atoms with van der Waals surface area (Å²) in [7, 11) is 1.61. The molecule has 0 aliphatic carbocycles. The summed E-state index contributed by atoms with van der Waals surface area (Å²) < 4.78 is 11.7. The number of nitrogens with zero attached hydrogens (tertiary/aromatic N) is 3. The van der Waals surface area contributed by atoms with Crippen LogP contribution in [-0.2, 0) is 11.4 Å². The molecule has 24 heavy (non-hydrogen) atoms. The van der Waals surface area contributed by atoms with Crippen LogP contribution in [0.25, 0.3) is 11.5 Å². The topological polar surface area (TPSA) is 69.7 Å². The zero-order chi connectivity index (χ0) is 16.8. The van der Waals surface area contributed by atoms with E-state index < -0.39 is 0 Å². The van der Waals surface area contributed by atoms with Crippen LogP contribution < -0.4 is 4.74 Å². The largest absolute Gasteiger partial charge is 0.496 e. The van der Waals surface area contributed by atoms with Crippen molar-refractivity contribution in [2.24, 2.45) is 5.16 Å². The molecule has 3 aromatic rings. The molecule has 0 bridgehead atoms. The van der Waals surface area contributed by atoms with Crippen LogP contribution in [0.5, 0.6) is 5.75 Å². The Labute approximate surface area is 147 Å². The molecule has 0 atom stereocenters. The third-order valence-electron chi connectivity index (χ3n) is 3.16. The quantitative estimate of drug-likeness (QED) is 0.471. The van der Waals surface area contributed by atoms with Gasteiger partial charge in [-0.1, -0.05) is 29.4 Å². The summed E-state index contributed by atoms with van der Waals surface area (Å²) >= 11 is 3.45. The number of aromatic nitrogens is 2. The summed E-state index contributed by atoms with van der Waals surface area (Å²) in [4.78, 5) is 5.21. The predicted molar refractivity (Wildman–Crippen MR) is 92.8 cm³/mol. The molecule has 0 aliphatic rings. The molecule has 122 valence electrons. The summed E-state index contributed by atoms with van der Waals surface area (Å²) in [5.74, 6) is 1.49. The standard InChI is InChI=1S/C17H14BrN3O3/c1-22-15-9-5-2-6-12(15)10-19-23-11-16-20-21-17(24-16)13-7-3-4-8-14(13)18/h2-10H,11H2,1H3/b19-10-. The van der Waals surface area contributed by atoms with Crippen molar-refractivity contribution in [1.29, 1.82) is 0 Å². The number of halogens is 1. The van der Waals surface area contributed by atoms with Crippen molar-refractivity contribution in [1.82, 2.24) is 10.2 Å². The van der Waals surface area contributed by atoms with Crippen molar-refractivity contribution in [3.05, 3.63) is 64.5 Å². The van der Waals surface area contributed by atoms with E-state index in [1.807, 2.05) is 48.5 Å². The monoisotopic (exact) mass is 387 g/mol. The van der Waals surface area contributed by atoms with Gasteiger partial charge in [0.1, 0.15) is 5.75 Å². The van der Waals surface area contributed by atoms with Gasteiger partial charge in [0.15, 0.2) is 6.61 Å². The van der Waals surface area contributed by atoms with E-state index in [0.717, 1.165) is 21.3 Å². The Kier molecular flexibility index (Phi) is 5.22. The Morgan fingerprint density at radius 2 is 1.92 bits per heavy atom. The highest BCUT2D eigenvalue weighted by molar-refractivity contribution is 9.10. The highest BCUT2D eigenvalue weighted by atomic mass is 79.9. The lowest BCUT2D eigenvalue weighted by atomic mass is 10.2. The lowest BCUT2D eigenvalue weighted by Gasteiger charge is -2.02. The van der Waals surface area contributed by atoms with Crippen LogP contribution in [0, 0.1) is 0 Å². The first-order valence-corrected chi connectivity index (χ1v) is 7.93. The Balaban J connectivity index is 1.62. The summed E-state index contributed by atoms with van der Waals surface area (Å²) in [6.45, 7) is 0.0864. The lowest BCUT2D eigenvalue weighted by Crippen LogP contribution is -1.92. The number of hydrogen-bond donors (Lipinski definition) is 0. The zero-order valence-corrected chi connectivity index (χ0v) is 14.4. The second-order valence-electron chi connectivity index (χ2n) is 4.73. The molecule has 0 fully saturated rings. The molecule has 2 aromatic carbocycles. The van der Waals surface area contributed by atoms with Crippen molar-refractivity contribution >= 4 is 22.1 Å². The minimum absolute atomic E-state index is 0.0864. The molecule has 0 radical (unpaired) electrons. The molecule has 0 N–H and O–H groups in total. The van der Waals surface area contributed by atoms with Gasteiger partial charge in [0.05, 0.1) is 18.9 Å². The molecule has 0 saturated heterocycles. The van der Waals surface area contributed by atoms with Crippen molar-refractivity contribution < 1.29 is 14.0 Å². The number of benzene rings is 2. The predicted octanol–water partition coefficient (Wildman–Crippen LogP) is 4.06. The maximum absolute atomic E-state index is 5.57. The maximum Gasteiger partial charge on any atom is 0.257 e. The van der Waals surface area contributed by atoms with Gasteiger partial charge in [0, 0.05) is 10.0 Å². The molecule has 1 aromatic heterocycles. The Hall–Kier alpha value is -2.67. The first-order valence-electron chi connectivity index (χ1n) is 7.13. The Morgan fingerprint density at radius 1 is 1.12 bits per heavy atom. The molecular formula is C17H14BrN3O3. The van der Waals surface area contributed by atoms with E-state index in [2.05, 4.69) is 31.3 Å². The maximum atomic E-state index is 5.57. The SMILES string of the molecule is COc1ccccc1/C=N\OCc1nnc(-c2ccccc2Br)o1. The van der Waals surface area contributed by atoms with Gasteiger partial charge in [-0.15, -0.1) is 10.2 Å². The molecule has 0 saturated carbocycles. The van der Waals surface area contributed by atoms with Crippen molar-refractivity contribution in [2.45, 2.75) is 6.61 Å². The van der Waals surface area contributed by atoms with E-state index in [1.165, 1.54) is 0 Å². The summed E-state index contributed by atoms with van der Waals surface area (Å²) in [5.41, 5.74) is 1.65. The molecule has 0 spiro atoms. The van der Waals surface area contributed by atoms with E-state index in [9.17, 15) is 0 Å². The Bertz CT molecular complexity index is 848. The summed E-state index contributed by atoms with van der Waals surface area (Å²) in [5, 5.41) is 11.9. The molecule has 1 heterocycles. The second-order valence-corrected chi connectivity index (χ2v) is 5.59. The number of para-hydroxylation sites is 1. The van der Waals surface area contributed by atoms with Gasteiger partial charge in [-0.05, 0) is 40.2 Å². The van der Waals surface area contributed by atoms with Crippen LogP contribution in [0.4, 0.5) is 0 Å². The van der Waals surface area contributed by atoms with Crippen LogP contribution in [0.1, 0.15) is 11.5 Å². The van der Waals surface area contributed by atoms with E-state index in [-0.39, 0.29) is 6.61 Å². The van der Waals surface area contributed by atoms with Gasteiger partial charge in [-0.2, -0.15) is 0 Å². The minimum atomic E-state index is 0.0864. The van der Waals surface area contributed by atoms with E-state index >= 15 is 0 Å². The van der Waals surface area contributed by atoms with Gasteiger partial charge < -0.3 is 14.0 Å². The van der Waals surface area contributed by atoms with Crippen molar-refractivity contribution in [2.75, 3.05) is 7.11 Å². The van der Waals surface area contributed by atoms with Gasteiger partial charge in [0.25, 0.3) is 5.89 Å². The van der Waals surface area contributed by atoms with E-state index in [0.29, 0.717) is 11.8 Å². The zero-order valence-electron chi connectivity index (χ0n) is 12.8. The first kappa shape index (κ1) is 16.2. The van der Waals surface area contributed by atoms with Crippen LogP contribution in [0.3, 0.4) is 0 Å². The van der Waals surface area contributed by atoms with Gasteiger partial charge >= 0.3 is 0 Å². The summed E-state index contributed by atoms with van der Waals surface area (Å²) in [6, 6.07) is 15.1. The smallest absolute Gasteiger partial charge is 0.257 e. The second kappa shape index (κ2) is 7.74. The fraction of sp³-hybridized carbons (Fsp3) is 0.118.